The Morgan fingerprint density at radius 1 is 0.800 bits per heavy atom. The predicted octanol–water partition coefficient (Wildman–Crippen LogP) is 4.75. The maximum atomic E-state index is 11.9. The molecule has 0 saturated carbocycles. The van der Waals surface area contributed by atoms with E-state index in [9.17, 15) is 19.2 Å². The SMILES string of the molecule is C.NC(=O)c1snc(Cl)c1Cl.O=CN(CNC(=O)c1snc(Cl)c1Cl)Cc1ccccc1.O=CN(CO)Cc1ccccc1.O=S(=O)(O)O.[OH-]. The minimum atomic E-state index is -4.67. The highest BCUT2D eigenvalue weighted by Gasteiger charge is 2.18. The third kappa shape index (κ3) is 19.6. The van der Waals surface area contributed by atoms with Gasteiger partial charge >= 0.3 is 10.4 Å². The predicted molar refractivity (Wildman–Crippen MR) is 191 cm³/mol. The molecular weight excluding hydrogens is 806 g/mol. The Morgan fingerprint density at radius 3 is 1.48 bits per heavy atom. The Labute approximate surface area is 315 Å². The fourth-order valence-corrected chi connectivity index (χ4v) is 5.16. The van der Waals surface area contributed by atoms with Crippen LogP contribution in [0.2, 0.25) is 20.4 Å². The zero-order valence-electron chi connectivity index (χ0n) is 24.6. The molecule has 2 aromatic carbocycles. The summed E-state index contributed by atoms with van der Waals surface area (Å²) in [5.74, 6) is -1.02. The molecule has 276 valence electrons. The number of hydrogen-bond acceptors (Lipinski definition) is 12. The minimum Gasteiger partial charge on any atom is -0.870 e. The van der Waals surface area contributed by atoms with Gasteiger partial charge in [-0.2, -0.15) is 17.2 Å². The number of nitrogens with one attached hydrogen (secondary N) is 1. The highest BCUT2D eigenvalue weighted by molar-refractivity contribution is 7.79. The van der Waals surface area contributed by atoms with Crippen LogP contribution in [0.5, 0.6) is 0 Å². The largest absolute Gasteiger partial charge is 0.870 e. The van der Waals surface area contributed by atoms with E-state index >= 15 is 0 Å². The number of aliphatic hydroxyl groups excluding tert-OH is 1. The first-order chi connectivity index (χ1) is 22.6. The lowest BCUT2D eigenvalue weighted by molar-refractivity contribution is -0.122. The van der Waals surface area contributed by atoms with E-state index in [1.165, 1.54) is 9.80 Å². The van der Waals surface area contributed by atoms with E-state index in [-0.39, 0.29) is 56.4 Å². The molecule has 0 saturated heterocycles. The van der Waals surface area contributed by atoms with Crippen molar-refractivity contribution in [2.45, 2.75) is 20.5 Å². The minimum absolute atomic E-state index is 0. The molecule has 4 aromatic rings. The smallest absolute Gasteiger partial charge is 0.394 e. The summed E-state index contributed by atoms with van der Waals surface area (Å²) in [5.41, 5.74) is 6.90. The van der Waals surface area contributed by atoms with Crippen molar-refractivity contribution in [3.63, 3.8) is 0 Å². The number of halogens is 4. The van der Waals surface area contributed by atoms with Gasteiger partial charge in [0.05, 0.1) is 6.67 Å². The van der Waals surface area contributed by atoms with Crippen LogP contribution in [0.1, 0.15) is 37.9 Å². The molecule has 0 aliphatic rings. The molecule has 23 heteroatoms. The summed E-state index contributed by atoms with van der Waals surface area (Å²) in [5, 5.41) is 11.8. The second-order valence-corrected chi connectivity index (χ2v) is 12.4. The van der Waals surface area contributed by atoms with Crippen molar-refractivity contribution in [1.82, 2.24) is 23.9 Å². The summed E-state index contributed by atoms with van der Waals surface area (Å²) >= 11 is 24.3. The number of hydrogen-bond donors (Lipinski definition) is 5. The summed E-state index contributed by atoms with van der Waals surface area (Å²) < 4.78 is 39.0. The standard InChI is InChI=1S/C13H11Cl2N3O2S.C9H11NO2.C4H2Cl2N2OS.CH4.H2O4S.H2O/c14-10-11(21-17-12(10)15)13(20)16-7-18(8-19)6-9-4-2-1-3-5-9;11-7-10(8-12)6-9-4-2-1-3-5-9;5-1-2(4(7)9)10-8-3(1)6;;1-5(2,3)4;/h1-5,8H,6-7H2,(H,16,20);1-5,7,12H,6,8H2;(H2,7,9);1H4;(H2,1,2,3,4);1H2/p-1. The molecule has 0 aliphatic heterocycles. The summed E-state index contributed by atoms with van der Waals surface area (Å²) in [6.45, 7) is 0.699. The third-order valence-electron chi connectivity index (χ3n) is 5.00. The van der Waals surface area contributed by atoms with Gasteiger partial charge in [-0.25, -0.2) is 0 Å². The highest BCUT2D eigenvalue weighted by Crippen LogP contribution is 2.28. The molecular formula is C27H31Cl4N6O10S3-. The normalized spacial score (nSPS) is 9.66. The first-order valence-electron chi connectivity index (χ1n) is 12.6. The van der Waals surface area contributed by atoms with Gasteiger partial charge in [0, 0.05) is 13.1 Å². The van der Waals surface area contributed by atoms with Crippen molar-refractivity contribution < 1.29 is 47.3 Å². The quantitative estimate of drug-likeness (QED) is 0.0779. The summed E-state index contributed by atoms with van der Waals surface area (Å²) in [6, 6.07) is 19.0. The van der Waals surface area contributed by atoms with Gasteiger partial charge in [0.25, 0.3) is 11.8 Å². The van der Waals surface area contributed by atoms with Crippen molar-refractivity contribution in [1.29, 1.82) is 0 Å². The van der Waals surface area contributed by atoms with Gasteiger partial charge in [0.15, 0.2) is 10.3 Å². The molecule has 0 bridgehead atoms. The number of rotatable bonds is 11. The van der Waals surface area contributed by atoms with Gasteiger partial charge in [-0.15, -0.1) is 0 Å². The molecule has 7 N–H and O–H groups in total. The zero-order chi connectivity index (χ0) is 36.3. The van der Waals surface area contributed by atoms with E-state index in [1.54, 1.807) is 0 Å². The zero-order valence-corrected chi connectivity index (χ0v) is 30.1. The van der Waals surface area contributed by atoms with Crippen LogP contribution >= 0.6 is 69.5 Å². The molecule has 4 amide bonds. The van der Waals surface area contributed by atoms with E-state index < -0.39 is 22.2 Å². The Hall–Kier alpha value is -3.47. The molecule has 0 aliphatic carbocycles. The summed E-state index contributed by atoms with van der Waals surface area (Å²) in [7, 11) is -4.67. The van der Waals surface area contributed by atoms with Crippen LogP contribution in [0.3, 0.4) is 0 Å². The summed E-state index contributed by atoms with van der Waals surface area (Å²) in [6.07, 6.45) is 1.31. The number of benzene rings is 2. The van der Waals surface area contributed by atoms with E-state index in [1.807, 2.05) is 60.7 Å². The number of carbonyl (C=O) groups excluding carboxylic acids is 4. The molecule has 4 rings (SSSR count). The monoisotopic (exact) mass is 835 g/mol. The number of aliphatic hydroxyl groups is 1. The van der Waals surface area contributed by atoms with E-state index in [2.05, 4.69) is 14.1 Å². The molecule has 50 heavy (non-hydrogen) atoms. The number of nitrogens with two attached hydrogens (primary N) is 1. The number of carbonyl (C=O) groups is 4. The lowest BCUT2D eigenvalue weighted by atomic mass is 10.2. The molecule has 2 aromatic heterocycles. The van der Waals surface area contributed by atoms with E-state index in [0.717, 1.165) is 34.2 Å². The molecule has 2 heterocycles. The van der Waals surface area contributed by atoms with E-state index in [0.29, 0.717) is 25.9 Å². The van der Waals surface area contributed by atoms with Gasteiger partial charge in [-0.05, 0) is 34.2 Å². The molecule has 0 unspecified atom stereocenters. The molecule has 0 atom stereocenters. The van der Waals surface area contributed by atoms with Crippen molar-refractivity contribution in [3.05, 3.63) is 102 Å². The van der Waals surface area contributed by atoms with Crippen LogP contribution in [0.4, 0.5) is 0 Å². The van der Waals surface area contributed by atoms with Crippen molar-refractivity contribution in [3.8, 4) is 0 Å². The van der Waals surface area contributed by atoms with Gasteiger partial charge in [-0.1, -0.05) is 114 Å². The third-order valence-corrected chi connectivity index (χ3v) is 8.61. The van der Waals surface area contributed by atoms with Gasteiger partial charge in [0.2, 0.25) is 12.8 Å². The van der Waals surface area contributed by atoms with Crippen molar-refractivity contribution in [2.24, 2.45) is 5.73 Å². The van der Waals surface area contributed by atoms with Gasteiger partial charge < -0.3 is 31.4 Å². The second kappa shape index (κ2) is 25.5. The van der Waals surface area contributed by atoms with E-state index in [4.69, 9.17) is 74.8 Å². The topological polar surface area (TPSA) is 263 Å². The second-order valence-electron chi connectivity index (χ2n) is 8.53. The number of primary amides is 1. The number of aromatic nitrogens is 2. The van der Waals surface area contributed by atoms with Gasteiger partial charge in [-0.3, -0.25) is 28.3 Å². The number of nitrogens with zero attached hydrogens (tertiary/aromatic N) is 4. The Bertz CT molecular complexity index is 1710. The molecule has 0 fully saturated rings. The molecule has 0 spiro atoms. The van der Waals surface area contributed by atoms with Crippen LogP contribution in [-0.4, -0.2) is 84.7 Å². The van der Waals surface area contributed by atoms with Crippen LogP contribution in [-0.2, 0) is 33.1 Å². The van der Waals surface area contributed by atoms with Crippen LogP contribution in [0.25, 0.3) is 0 Å². The first-order valence-corrected chi connectivity index (χ1v) is 17.0. The average Bonchev–Trinajstić information content (AvgIpc) is 3.57. The maximum absolute atomic E-state index is 11.9. The van der Waals surface area contributed by atoms with Crippen molar-refractivity contribution >= 4 is 105 Å². The number of amides is 4. The first kappa shape index (κ1) is 48.6. The fraction of sp³-hybridized carbons (Fsp3) is 0.185. The van der Waals surface area contributed by atoms with Crippen LogP contribution in [0, 0.1) is 0 Å². The maximum Gasteiger partial charge on any atom is 0.394 e. The fourth-order valence-electron chi connectivity index (χ4n) is 2.95. The Kier molecular flexibility index (Phi) is 24.8. The van der Waals surface area contributed by atoms with Crippen molar-refractivity contribution in [2.75, 3.05) is 13.4 Å². The lowest BCUT2D eigenvalue weighted by Crippen LogP contribution is -2.36. The molecule has 16 nitrogen and oxygen atoms in total. The molecule has 0 radical (unpaired) electrons. The summed E-state index contributed by atoms with van der Waals surface area (Å²) in [4.78, 5) is 46.9. The Morgan fingerprint density at radius 2 is 1.18 bits per heavy atom. The Balaban J connectivity index is 0. The van der Waals surface area contributed by atoms with Crippen LogP contribution < -0.4 is 11.1 Å². The average molecular weight is 838 g/mol. The lowest BCUT2D eigenvalue weighted by Gasteiger charge is -2.17. The van der Waals surface area contributed by atoms with Gasteiger partial charge in [0.1, 0.15) is 26.5 Å². The highest BCUT2D eigenvalue weighted by atomic mass is 35.5. The van der Waals surface area contributed by atoms with Crippen LogP contribution in [0.15, 0.2) is 60.7 Å².